The van der Waals surface area contributed by atoms with Crippen molar-refractivity contribution >= 4 is 22.7 Å². The van der Waals surface area contributed by atoms with Gasteiger partial charge in [0.25, 0.3) is 0 Å². The fourth-order valence-electron chi connectivity index (χ4n) is 4.44. The van der Waals surface area contributed by atoms with Gasteiger partial charge in [0.2, 0.25) is 11.8 Å². The molecule has 1 aromatic heterocycles. The number of pyridine rings is 1. The molecule has 0 unspecified atom stereocenters. The van der Waals surface area contributed by atoms with E-state index >= 15 is 0 Å². The van der Waals surface area contributed by atoms with Crippen LogP contribution in [0.2, 0.25) is 0 Å². The normalized spacial score (nSPS) is 25.9. The number of fused-ring (bicyclic) bond motifs is 2. The molecule has 0 radical (unpaired) electrons. The summed E-state index contributed by atoms with van der Waals surface area (Å²) in [6.07, 6.45) is 4.20. The molecule has 2 aliphatic carbocycles. The van der Waals surface area contributed by atoms with E-state index < -0.39 is 5.91 Å². The minimum absolute atomic E-state index is 0.0853. The van der Waals surface area contributed by atoms with E-state index in [4.69, 9.17) is 5.73 Å². The highest BCUT2D eigenvalue weighted by atomic mass is 16.2. The molecule has 2 saturated carbocycles. The van der Waals surface area contributed by atoms with Crippen molar-refractivity contribution in [1.82, 2.24) is 9.88 Å². The van der Waals surface area contributed by atoms with Crippen molar-refractivity contribution in [2.24, 2.45) is 11.7 Å². The SMILES string of the molecule is N#C[C@@H]1C[C@@H]2C[C@@H]2N1C(=O)Cc1cc(C(N)=O)c2cc(C3CC3)ccc2n1. The Morgan fingerprint density at radius 3 is 2.78 bits per heavy atom. The zero-order chi connectivity index (χ0) is 18.7. The van der Waals surface area contributed by atoms with Crippen LogP contribution in [0.1, 0.15) is 53.2 Å². The second-order valence-corrected chi connectivity index (χ2v) is 8.00. The highest BCUT2D eigenvalue weighted by molar-refractivity contribution is 6.05. The molecule has 27 heavy (non-hydrogen) atoms. The third-order valence-electron chi connectivity index (χ3n) is 6.07. The summed E-state index contributed by atoms with van der Waals surface area (Å²) in [6.45, 7) is 0. The van der Waals surface area contributed by atoms with Gasteiger partial charge >= 0.3 is 0 Å². The Morgan fingerprint density at radius 2 is 2.07 bits per heavy atom. The molecule has 6 heteroatoms. The monoisotopic (exact) mass is 360 g/mol. The van der Waals surface area contributed by atoms with Gasteiger partial charge in [-0.05, 0) is 61.3 Å². The average Bonchev–Trinajstić information content (AvgIpc) is 3.58. The summed E-state index contributed by atoms with van der Waals surface area (Å²) in [5.41, 5.74) is 8.44. The van der Waals surface area contributed by atoms with Crippen LogP contribution < -0.4 is 5.73 Å². The molecule has 6 nitrogen and oxygen atoms in total. The first-order chi connectivity index (χ1) is 13.0. The zero-order valence-corrected chi connectivity index (χ0v) is 14.9. The fraction of sp³-hybridized carbons (Fsp3) is 0.429. The van der Waals surface area contributed by atoms with E-state index in [1.165, 1.54) is 18.4 Å². The number of hydrogen-bond donors (Lipinski definition) is 1. The Kier molecular flexibility index (Phi) is 3.48. The Balaban J connectivity index is 1.48. The molecule has 2 heterocycles. The maximum Gasteiger partial charge on any atom is 0.249 e. The maximum absolute atomic E-state index is 12.8. The van der Waals surface area contributed by atoms with Gasteiger partial charge in [-0.3, -0.25) is 14.6 Å². The van der Waals surface area contributed by atoms with Crippen LogP contribution in [-0.2, 0) is 11.2 Å². The Labute approximate surface area is 157 Å². The molecule has 1 aromatic carbocycles. The van der Waals surface area contributed by atoms with E-state index in [9.17, 15) is 14.9 Å². The van der Waals surface area contributed by atoms with Crippen molar-refractivity contribution in [2.75, 3.05) is 0 Å². The first-order valence-electron chi connectivity index (χ1n) is 9.49. The highest BCUT2D eigenvalue weighted by Gasteiger charge is 2.53. The number of nitrogens with two attached hydrogens (primary N) is 1. The predicted octanol–water partition coefficient (Wildman–Crippen LogP) is 2.27. The molecule has 2 aromatic rings. The average molecular weight is 360 g/mol. The van der Waals surface area contributed by atoms with E-state index in [-0.39, 0.29) is 24.4 Å². The molecule has 0 spiro atoms. The van der Waals surface area contributed by atoms with Gasteiger partial charge in [-0.15, -0.1) is 0 Å². The molecule has 5 rings (SSSR count). The number of carbonyl (C=O) groups is 2. The quantitative estimate of drug-likeness (QED) is 0.904. The second kappa shape index (κ2) is 5.78. The van der Waals surface area contributed by atoms with E-state index in [1.54, 1.807) is 11.0 Å². The van der Waals surface area contributed by atoms with E-state index in [1.807, 2.05) is 18.2 Å². The van der Waals surface area contributed by atoms with Crippen molar-refractivity contribution in [3.63, 3.8) is 0 Å². The lowest BCUT2D eigenvalue weighted by Crippen LogP contribution is -2.38. The summed E-state index contributed by atoms with van der Waals surface area (Å²) in [6, 6.07) is 9.71. The van der Waals surface area contributed by atoms with E-state index in [2.05, 4.69) is 11.1 Å². The van der Waals surface area contributed by atoms with Crippen LogP contribution in [0, 0.1) is 17.2 Å². The first-order valence-corrected chi connectivity index (χ1v) is 9.49. The summed E-state index contributed by atoms with van der Waals surface area (Å²) < 4.78 is 0. The molecule has 0 bridgehead atoms. The first kappa shape index (κ1) is 16.2. The number of likely N-dealkylation sites (tertiary alicyclic amines) is 1. The molecular formula is C21H20N4O2. The van der Waals surface area contributed by atoms with E-state index in [0.29, 0.717) is 28.6 Å². The van der Waals surface area contributed by atoms with Gasteiger partial charge in [0.1, 0.15) is 6.04 Å². The van der Waals surface area contributed by atoms with E-state index in [0.717, 1.165) is 18.2 Å². The van der Waals surface area contributed by atoms with Crippen molar-refractivity contribution in [2.45, 2.75) is 50.1 Å². The molecule has 1 aliphatic heterocycles. The summed E-state index contributed by atoms with van der Waals surface area (Å²) >= 11 is 0. The second-order valence-electron chi connectivity index (χ2n) is 8.00. The summed E-state index contributed by atoms with van der Waals surface area (Å²) in [7, 11) is 0. The van der Waals surface area contributed by atoms with Gasteiger partial charge in [0.05, 0.1) is 29.3 Å². The fourth-order valence-corrected chi connectivity index (χ4v) is 4.44. The molecule has 1 saturated heterocycles. The Bertz CT molecular complexity index is 1020. The third-order valence-corrected chi connectivity index (χ3v) is 6.07. The van der Waals surface area contributed by atoms with Gasteiger partial charge < -0.3 is 10.6 Å². The van der Waals surface area contributed by atoms with Gasteiger partial charge in [-0.2, -0.15) is 5.26 Å². The minimum Gasteiger partial charge on any atom is -0.366 e. The number of primary amides is 1. The lowest BCUT2D eigenvalue weighted by atomic mass is 10.0. The number of benzene rings is 1. The number of amides is 2. The molecule has 3 aliphatic rings. The van der Waals surface area contributed by atoms with Crippen molar-refractivity contribution in [1.29, 1.82) is 5.26 Å². The molecule has 2 amide bonds. The minimum atomic E-state index is -0.512. The molecule has 3 atom stereocenters. The molecule has 3 fully saturated rings. The molecule has 2 N–H and O–H groups in total. The number of hydrogen-bond acceptors (Lipinski definition) is 4. The lowest BCUT2D eigenvalue weighted by molar-refractivity contribution is -0.131. The van der Waals surface area contributed by atoms with Crippen LogP contribution in [0.5, 0.6) is 0 Å². The summed E-state index contributed by atoms with van der Waals surface area (Å²) in [4.78, 5) is 31.1. The maximum atomic E-state index is 12.8. The van der Waals surface area contributed by atoms with Crippen molar-refractivity contribution < 1.29 is 9.59 Å². The Morgan fingerprint density at radius 1 is 1.26 bits per heavy atom. The standard InChI is InChI=1S/C21H20N4O2/c22-10-15-5-13-7-19(13)25(15)20(26)9-14-8-17(21(23)27)16-6-12(11-1-2-11)3-4-18(16)24-14/h3-4,6,8,11,13,15,19H,1-2,5,7,9H2,(H2,23,27)/t13-,15+,19+/m1/s1. The lowest BCUT2D eigenvalue weighted by Gasteiger charge is -2.22. The number of aromatic nitrogens is 1. The van der Waals surface area contributed by atoms with Crippen LogP contribution in [0.3, 0.4) is 0 Å². The molecule has 136 valence electrons. The third kappa shape index (κ3) is 2.74. The highest BCUT2D eigenvalue weighted by Crippen LogP contribution is 2.47. The smallest absolute Gasteiger partial charge is 0.249 e. The van der Waals surface area contributed by atoms with Gasteiger partial charge in [0.15, 0.2) is 0 Å². The van der Waals surface area contributed by atoms with Crippen LogP contribution in [-0.4, -0.2) is 33.8 Å². The number of carbonyl (C=O) groups excluding carboxylic acids is 2. The van der Waals surface area contributed by atoms with Crippen LogP contribution in [0.4, 0.5) is 0 Å². The van der Waals surface area contributed by atoms with Gasteiger partial charge in [-0.25, -0.2) is 0 Å². The topological polar surface area (TPSA) is 100 Å². The zero-order valence-electron chi connectivity index (χ0n) is 14.9. The summed E-state index contributed by atoms with van der Waals surface area (Å²) in [5, 5.41) is 10.1. The molecular weight excluding hydrogens is 340 g/mol. The van der Waals surface area contributed by atoms with Crippen molar-refractivity contribution in [3.8, 4) is 6.07 Å². The van der Waals surface area contributed by atoms with Gasteiger partial charge in [0, 0.05) is 11.4 Å². The largest absolute Gasteiger partial charge is 0.366 e. The number of rotatable bonds is 4. The van der Waals surface area contributed by atoms with Crippen LogP contribution >= 0.6 is 0 Å². The predicted molar refractivity (Wildman–Crippen MR) is 98.7 cm³/mol. The number of nitriles is 1. The van der Waals surface area contributed by atoms with Crippen LogP contribution in [0.15, 0.2) is 24.3 Å². The Hall–Kier alpha value is -2.94. The number of piperidine rings is 1. The van der Waals surface area contributed by atoms with Crippen LogP contribution in [0.25, 0.3) is 10.9 Å². The van der Waals surface area contributed by atoms with Gasteiger partial charge in [-0.1, -0.05) is 6.07 Å². The number of nitrogens with zero attached hydrogens (tertiary/aromatic N) is 3. The summed E-state index contributed by atoms with van der Waals surface area (Å²) in [5.74, 6) is 0.442. The van der Waals surface area contributed by atoms with Crippen molar-refractivity contribution in [3.05, 3.63) is 41.1 Å².